The molecule has 114 valence electrons. The number of carbonyl (C=O) groups excluding carboxylic acids is 1. The van der Waals surface area contributed by atoms with Crippen LogP contribution in [0.5, 0.6) is 5.75 Å². The van der Waals surface area contributed by atoms with Gasteiger partial charge in [0.1, 0.15) is 5.75 Å². The van der Waals surface area contributed by atoms with Gasteiger partial charge in [-0.2, -0.15) is 5.10 Å². The quantitative estimate of drug-likeness (QED) is 0.819. The summed E-state index contributed by atoms with van der Waals surface area (Å²) in [6.07, 6.45) is 4.42. The molecule has 0 aromatic heterocycles. The van der Waals surface area contributed by atoms with Crippen molar-refractivity contribution in [1.29, 1.82) is 0 Å². The Morgan fingerprint density at radius 1 is 1.52 bits per heavy atom. The first-order valence-electron chi connectivity index (χ1n) is 7.34. The van der Waals surface area contributed by atoms with Crippen LogP contribution in [-0.2, 0) is 4.79 Å². The molecule has 0 bridgehead atoms. The Labute approximate surface area is 134 Å². The molecule has 1 unspecified atom stereocenters. The minimum Gasteiger partial charge on any atom is -0.483 e. The van der Waals surface area contributed by atoms with E-state index in [9.17, 15) is 4.79 Å². The van der Waals surface area contributed by atoms with Gasteiger partial charge in [0.25, 0.3) is 5.91 Å². The average Bonchev–Trinajstić information content (AvgIpc) is 2.91. The topological polar surface area (TPSA) is 50.7 Å². The van der Waals surface area contributed by atoms with Crippen LogP contribution in [0.15, 0.2) is 27.8 Å². The van der Waals surface area contributed by atoms with Gasteiger partial charge in [-0.05, 0) is 72.2 Å². The highest BCUT2D eigenvalue weighted by Crippen LogP contribution is 2.26. The lowest BCUT2D eigenvalue weighted by atomic mass is 10.0. The fourth-order valence-electron chi connectivity index (χ4n) is 2.52. The fraction of sp³-hybridized carbons (Fsp3) is 0.500. The van der Waals surface area contributed by atoms with E-state index < -0.39 is 0 Å². The maximum Gasteiger partial charge on any atom is 0.277 e. The largest absolute Gasteiger partial charge is 0.483 e. The second kappa shape index (κ2) is 7.59. The predicted molar refractivity (Wildman–Crippen MR) is 87.6 cm³/mol. The monoisotopic (exact) mass is 352 g/mol. The van der Waals surface area contributed by atoms with E-state index in [0.29, 0.717) is 11.7 Å². The molecule has 1 amide bonds. The summed E-state index contributed by atoms with van der Waals surface area (Å²) < 4.78 is 6.34. The van der Waals surface area contributed by atoms with E-state index in [0.717, 1.165) is 28.6 Å². The highest BCUT2D eigenvalue weighted by molar-refractivity contribution is 9.10. The summed E-state index contributed by atoms with van der Waals surface area (Å²) in [6, 6.07) is 5.75. The number of carbonyl (C=O) groups is 1. The summed E-state index contributed by atoms with van der Waals surface area (Å²) in [5, 5.41) is 4.25. The maximum absolute atomic E-state index is 11.8. The molecule has 21 heavy (non-hydrogen) atoms. The van der Waals surface area contributed by atoms with E-state index in [4.69, 9.17) is 4.74 Å². The van der Waals surface area contributed by atoms with Crippen LogP contribution in [-0.4, -0.2) is 18.2 Å². The van der Waals surface area contributed by atoms with Crippen LogP contribution >= 0.6 is 15.9 Å². The zero-order valence-corrected chi connectivity index (χ0v) is 14.1. The van der Waals surface area contributed by atoms with Gasteiger partial charge in [-0.15, -0.1) is 0 Å². The van der Waals surface area contributed by atoms with Crippen molar-refractivity contribution < 1.29 is 9.53 Å². The van der Waals surface area contributed by atoms with Gasteiger partial charge in [-0.3, -0.25) is 4.79 Å². The molecule has 1 aromatic carbocycles. The van der Waals surface area contributed by atoms with Crippen LogP contribution in [0.2, 0.25) is 0 Å². The third-order valence-corrected chi connectivity index (χ3v) is 4.34. The number of halogens is 1. The van der Waals surface area contributed by atoms with Crippen LogP contribution < -0.4 is 10.2 Å². The molecular weight excluding hydrogens is 332 g/mol. The van der Waals surface area contributed by atoms with Gasteiger partial charge in [-0.1, -0.05) is 13.0 Å². The molecule has 5 heteroatoms. The van der Waals surface area contributed by atoms with E-state index >= 15 is 0 Å². The van der Waals surface area contributed by atoms with Crippen molar-refractivity contribution in [3.05, 3.63) is 28.2 Å². The number of hydrogen-bond donors (Lipinski definition) is 1. The number of hydrogen-bond acceptors (Lipinski definition) is 3. The summed E-state index contributed by atoms with van der Waals surface area (Å²) >= 11 is 3.42. The van der Waals surface area contributed by atoms with E-state index in [-0.39, 0.29) is 12.5 Å². The van der Waals surface area contributed by atoms with Crippen molar-refractivity contribution in [3.63, 3.8) is 0 Å². The molecule has 0 heterocycles. The lowest BCUT2D eigenvalue weighted by Crippen LogP contribution is -2.26. The minimum absolute atomic E-state index is 0.0325. The highest BCUT2D eigenvalue weighted by Gasteiger charge is 2.20. The molecule has 0 spiro atoms. The molecule has 1 saturated carbocycles. The predicted octanol–water partition coefficient (Wildman–Crippen LogP) is 3.82. The number of nitrogens with zero attached hydrogens (tertiary/aromatic N) is 1. The lowest BCUT2D eigenvalue weighted by Gasteiger charge is -2.09. The van der Waals surface area contributed by atoms with Crippen molar-refractivity contribution in [1.82, 2.24) is 5.43 Å². The summed E-state index contributed by atoms with van der Waals surface area (Å²) in [7, 11) is 0. The van der Waals surface area contributed by atoms with Crippen molar-refractivity contribution >= 4 is 27.5 Å². The SMILES string of the molecule is CCC1CCC/C1=N\NC(=O)COc1ccc(C)cc1Br. The molecule has 1 aromatic rings. The number of benzene rings is 1. The van der Waals surface area contributed by atoms with Crippen LogP contribution in [0.4, 0.5) is 0 Å². The molecule has 1 aliphatic rings. The zero-order valence-electron chi connectivity index (χ0n) is 12.5. The fourth-order valence-corrected chi connectivity index (χ4v) is 3.13. The van der Waals surface area contributed by atoms with E-state index in [2.05, 4.69) is 33.4 Å². The Morgan fingerprint density at radius 3 is 3.05 bits per heavy atom. The zero-order chi connectivity index (χ0) is 15.2. The molecule has 4 nitrogen and oxygen atoms in total. The van der Waals surface area contributed by atoms with E-state index in [1.165, 1.54) is 12.8 Å². The standard InChI is InChI=1S/C16H21BrN2O2/c1-3-12-5-4-6-14(12)18-19-16(20)10-21-15-8-7-11(2)9-13(15)17/h7-9,12H,3-6,10H2,1-2H3,(H,19,20)/b18-14+. The number of ether oxygens (including phenoxy) is 1. The lowest BCUT2D eigenvalue weighted by molar-refractivity contribution is -0.123. The maximum atomic E-state index is 11.8. The van der Waals surface area contributed by atoms with Crippen LogP contribution in [0.3, 0.4) is 0 Å². The van der Waals surface area contributed by atoms with Gasteiger partial charge in [0.15, 0.2) is 6.61 Å². The van der Waals surface area contributed by atoms with Crippen molar-refractivity contribution in [2.75, 3.05) is 6.61 Å². The minimum atomic E-state index is -0.225. The molecule has 1 N–H and O–H groups in total. The Hall–Kier alpha value is -1.36. The summed E-state index contributed by atoms with van der Waals surface area (Å²) in [5.41, 5.74) is 4.85. The molecule has 2 rings (SSSR count). The Morgan fingerprint density at radius 2 is 2.33 bits per heavy atom. The highest BCUT2D eigenvalue weighted by atomic mass is 79.9. The van der Waals surface area contributed by atoms with Gasteiger partial charge in [-0.25, -0.2) is 5.43 Å². The normalized spacial score (nSPS) is 19.8. The Bertz CT molecular complexity index is 543. The number of aryl methyl sites for hydroxylation is 1. The first-order chi connectivity index (χ1) is 10.1. The number of nitrogens with one attached hydrogen (secondary N) is 1. The van der Waals surface area contributed by atoms with E-state index in [1.807, 2.05) is 25.1 Å². The van der Waals surface area contributed by atoms with E-state index in [1.54, 1.807) is 0 Å². The van der Waals surface area contributed by atoms with Crippen molar-refractivity contribution in [2.45, 2.75) is 39.5 Å². The molecular formula is C16H21BrN2O2. The number of rotatable bonds is 5. The molecule has 1 atom stereocenters. The molecule has 1 aliphatic carbocycles. The average molecular weight is 353 g/mol. The molecule has 1 fully saturated rings. The third kappa shape index (κ3) is 4.56. The first kappa shape index (κ1) is 16.0. The second-order valence-corrected chi connectivity index (χ2v) is 6.21. The van der Waals surface area contributed by atoms with Gasteiger partial charge in [0.05, 0.1) is 4.47 Å². The van der Waals surface area contributed by atoms with Crippen LogP contribution in [0.1, 0.15) is 38.2 Å². The number of amides is 1. The third-order valence-electron chi connectivity index (χ3n) is 3.72. The van der Waals surface area contributed by atoms with Crippen LogP contribution in [0, 0.1) is 12.8 Å². The van der Waals surface area contributed by atoms with Gasteiger partial charge < -0.3 is 4.74 Å². The van der Waals surface area contributed by atoms with Crippen molar-refractivity contribution in [2.24, 2.45) is 11.0 Å². The molecule has 0 aliphatic heterocycles. The van der Waals surface area contributed by atoms with Gasteiger partial charge >= 0.3 is 0 Å². The second-order valence-electron chi connectivity index (χ2n) is 5.36. The van der Waals surface area contributed by atoms with Crippen LogP contribution in [0.25, 0.3) is 0 Å². The summed E-state index contributed by atoms with van der Waals surface area (Å²) in [5.74, 6) is 0.963. The molecule has 0 radical (unpaired) electrons. The summed E-state index contributed by atoms with van der Waals surface area (Å²) in [4.78, 5) is 11.8. The molecule has 0 saturated heterocycles. The van der Waals surface area contributed by atoms with Crippen molar-refractivity contribution in [3.8, 4) is 5.75 Å². The number of hydrazone groups is 1. The van der Waals surface area contributed by atoms with Gasteiger partial charge in [0.2, 0.25) is 0 Å². The first-order valence-corrected chi connectivity index (χ1v) is 8.13. The Balaban J connectivity index is 1.83. The smallest absolute Gasteiger partial charge is 0.277 e. The van der Waals surface area contributed by atoms with Gasteiger partial charge in [0, 0.05) is 5.71 Å². The Kier molecular flexibility index (Phi) is 5.79. The summed E-state index contributed by atoms with van der Waals surface area (Å²) in [6.45, 7) is 4.13.